The quantitative estimate of drug-likeness (QED) is 0.538. The van der Waals surface area contributed by atoms with Gasteiger partial charge in [-0.1, -0.05) is 46.4 Å². The number of halogens is 5. The summed E-state index contributed by atoms with van der Waals surface area (Å²) >= 11 is 23.5. The van der Waals surface area contributed by atoms with Gasteiger partial charge in [0.25, 0.3) is 0 Å². The fourth-order valence-corrected chi connectivity index (χ4v) is 2.57. The van der Waals surface area contributed by atoms with Gasteiger partial charge in [0.15, 0.2) is 5.82 Å². The van der Waals surface area contributed by atoms with E-state index in [0.29, 0.717) is 27.1 Å². The summed E-state index contributed by atoms with van der Waals surface area (Å²) in [5, 5.41) is 3.39. The summed E-state index contributed by atoms with van der Waals surface area (Å²) in [6.45, 7) is 0. The Morgan fingerprint density at radius 2 is 1.32 bits per heavy atom. The minimum absolute atomic E-state index is 0.0994. The van der Waals surface area contributed by atoms with E-state index in [0.717, 1.165) is 0 Å². The monoisotopic (exact) mass is 338 g/mol. The Hall–Kier alpha value is -0.870. The van der Waals surface area contributed by atoms with Crippen molar-refractivity contribution < 1.29 is 4.39 Å². The van der Waals surface area contributed by atoms with Crippen LogP contribution in [0.2, 0.25) is 20.1 Å². The van der Waals surface area contributed by atoms with Gasteiger partial charge in [0.2, 0.25) is 0 Å². The van der Waals surface area contributed by atoms with Gasteiger partial charge in [0.05, 0.1) is 25.8 Å². The van der Waals surface area contributed by atoms with Crippen LogP contribution in [0, 0.1) is 5.82 Å². The summed E-state index contributed by atoms with van der Waals surface area (Å²) in [5.74, 6) is -0.677. The van der Waals surface area contributed by atoms with Gasteiger partial charge in [-0.25, -0.2) is 4.39 Å². The molecule has 0 unspecified atom stereocenters. The number of hydrogen-bond acceptors (Lipinski definition) is 2. The molecule has 100 valence electrons. The lowest BCUT2D eigenvalue weighted by Gasteiger charge is -2.12. The van der Waals surface area contributed by atoms with E-state index < -0.39 is 5.82 Å². The van der Waals surface area contributed by atoms with Gasteiger partial charge in [-0.3, -0.25) is 0 Å². The molecule has 0 atom stereocenters. The van der Waals surface area contributed by atoms with Crippen molar-refractivity contribution in [2.45, 2.75) is 0 Å². The largest absolute Gasteiger partial charge is 0.399 e. The smallest absolute Gasteiger partial charge is 0.160 e. The van der Waals surface area contributed by atoms with E-state index in [-0.39, 0.29) is 10.0 Å². The van der Waals surface area contributed by atoms with E-state index in [1.807, 2.05) is 0 Å². The van der Waals surface area contributed by atoms with Crippen LogP contribution in [0.5, 0.6) is 0 Å². The van der Waals surface area contributed by atoms with Gasteiger partial charge < -0.3 is 11.1 Å². The van der Waals surface area contributed by atoms with Crippen molar-refractivity contribution in [1.29, 1.82) is 0 Å². The Morgan fingerprint density at radius 3 is 1.79 bits per heavy atom. The highest BCUT2D eigenvalue weighted by atomic mass is 35.5. The Bertz CT molecular complexity index is 600. The molecule has 2 rings (SSSR count). The van der Waals surface area contributed by atoms with Crippen LogP contribution < -0.4 is 11.1 Å². The predicted octanol–water partition coefficient (Wildman–Crippen LogP) is 5.77. The number of benzene rings is 2. The first kappa shape index (κ1) is 14.5. The zero-order valence-corrected chi connectivity index (χ0v) is 12.3. The summed E-state index contributed by atoms with van der Waals surface area (Å²) in [6, 6.07) is 5.85. The Labute approximate surface area is 129 Å². The van der Waals surface area contributed by atoms with Crippen LogP contribution in [0.1, 0.15) is 0 Å². The number of nitrogen functional groups attached to an aromatic ring is 1. The number of nitrogens with two attached hydrogens (primary N) is 1. The van der Waals surface area contributed by atoms with Crippen molar-refractivity contribution in [1.82, 2.24) is 0 Å². The first-order chi connectivity index (χ1) is 8.88. The van der Waals surface area contributed by atoms with Crippen LogP contribution in [0.4, 0.5) is 21.5 Å². The average molecular weight is 340 g/mol. The molecule has 0 amide bonds. The molecule has 0 aliphatic carbocycles. The maximum absolute atomic E-state index is 13.3. The highest BCUT2D eigenvalue weighted by Gasteiger charge is 2.11. The van der Waals surface area contributed by atoms with Crippen LogP contribution in [0.15, 0.2) is 24.3 Å². The number of hydrogen-bond donors (Lipinski definition) is 2. The lowest BCUT2D eigenvalue weighted by Crippen LogP contribution is -1.95. The van der Waals surface area contributed by atoms with Crippen molar-refractivity contribution >= 4 is 63.5 Å². The van der Waals surface area contributed by atoms with Crippen molar-refractivity contribution in [2.24, 2.45) is 0 Å². The minimum Gasteiger partial charge on any atom is -0.399 e. The number of rotatable bonds is 2. The van der Waals surface area contributed by atoms with Crippen molar-refractivity contribution in [3.8, 4) is 0 Å². The van der Waals surface area contributed by atoms with E-state index in [9.17, 15) is 4.39 Å². The molecular formula is C12H7Cl4FN2. The van der Waals surface area contributed by atoms with Crippen LogP contribution in [-0.4, -0.2) is 0 Å². The molecule has 0 radical (unpaired) electrons. The topological polar surface area (TPSA) is 38.0 Å². The maximum Gasteiger partial charge on any atom is 0.160 e. The standard InChI is InChI=1S/C12H7Cl4FN2/c13-7-3-6(4-8(14)11(7)17)19-12-9(15)1-5(18)2-10(12)16/h1-4,19H,18H2. The third-order valence-corrected chi connectivity index (χ3v) is 3.46. The van der Waals surface area contributed by atoms with E-state index in [1.165, 1.54) is 12.1 Å². The lowest BCUT2D eigenvalue weighted by molar-refractivity contribution is 0.629. The molecule has 2 aromatic rings. The predicted molar refractivity (Wildman–Crippen MR) is 80.6 cm³/mol. The molecule has 0 aliphatic heterocycles. The molecule has 2 aromatic carbocycles. The molecule has 0 aliphatic rings. The highest BCUT2D eigenvalue weighted by Crippen LogP contribution is 2.36. The van der Waals surface area contributed by atoms with Gasteiger partial charge >= 0.3 is 0 Å². The summed E-state index contributed by atoms with van der Waals surface area (Å²) < 4.78 is 13.3. The maximum atomic E-state index is 13.3. The molecule has 0 heterocycles. The molecule has 0 aromatic heterocycles. The van der Waals surface area contributed by atoms with Crippen molar-refractivity contribution in [2.75, 3.05) is 11.1 Å². The Balaban J connectivity index is 2.42. The molecular weight excluding hydrogens is 333 g/mol. The summed E-state index contributed by atoms with van der Waals surface area (Å²) in [6.07, 6.45) is 0. The second-order valence-corrected chi connectivity index (χ2v) is 5.37. The van der Waals surface area contributed by atoms with E-state index in [2.05, 4.69) is 5.32 Å². The van der Waals surface area contributed by atoms with E-state index in [1.54, 1.807) is 12.1 Å². The Kier molecular flexibility index (Phi) is 4.31. The molecule has 0 saturated heterocycles. The fourth-order valence-electron chi connectivity index (χ4n) is 1.48. The Morgan fingerprint density at radius 1 is 0.842 bits per heavy atom. The highest BCUT2D eigenvalue weighted by molar-refractivity contribution is 6.40. The van der Waals surface area contributed by atoms with Crippen LogP contribution >= 0.6 is 46.4 Å². The zero-order valence-electron chi connectivity index (χ0n) is 9.28. The number of nitrogens with one attached hydrogen (secondary N) is 1. The van der Waals surface area contributed by atoms with E-state index >= 15 is 0 Å². The molecule has 0 spiro atoms. The van der Waals surface area contributed by atoms with Gasteiger partial charge in [0.1, 0.15) is 0 Å². The molecule has 7 heteroatoms. The fraction of sp³-hybridized carbons (Fsp3) is 0. The first-order valence-corrected chi connectivity index (χ1v) is 6.55. The zero-order chi connectivity index (χ0) is 14.2. The van der Waals surface area contributed by atoms with Gasteiger partial charge in [-0.15, -0.1) is 0 Å². The molecule has 3 N–H and O–H groups in total. The number of anilines is 3. The molecule has 0 saturated carbocycles. The van der Waals surface area contributed by atoms with Gasteiger partial charge in [0, 0.05) is 11.4 Å². The molecule has 19 heavy (non-hydrogen) atoms. The minimum atomic E-state index is -0.677. The SMILES string of the molecule is Nc1cc(Cl)c(Nc2cc(Cl)c(F)c(Cl)c2)c(Cl)c1. The normalized spacial score (nSPS) is 10.6. The lowest BCUT2D eigenvalue weighted by atomic mass is 10.2. The van der Waals surface area contributed by atoms with E-state index in [4.69, 9.17) is 52.1 Å². The third-order valence-electron chi connectivity index (χ3n) is 2.32. The summed E-state index contributed by atoms with van der Waals surface area (Å²) in [4.78, 5) is 0. The van der Waals surface area contributed by atoms with Crippen LogP contribution in [-0.2, 0) is 0 Å². The molecule has 0 fully saturated rings. The van der Waals surface area contributed by atoms with Crippen molar-refractivity contribution in [3.05, 3.63) is 50.2 Å². The van der Waals surface area contributed by atoms with Gasteiger partial charge in [-0.2, -0.15) is 0 Å². The van der Waals surface area contributed by atoms with Crippen LogP contribution in [0.25, 0.3) is 0 Å². The second kappa shape index (κ2) is 5.63. The molecule has 0 bridgehead atoms. The van der Waals surface area contributed by atoms with Crippen LogP contribution in [0.3, 0.4) is 0 Å². The average Bonchev–Trinajstić information content (AvgIpc) is 2.30. The van der Waals surface area contributed by atoms with Crippen molar-refractivity contribution in [3.63, 3.8) is 0 Å². The summed E-state index contributed by atoms with van der Waals surface area (Å²) in [5.41, 5.74) is 6.95. The molecule has 2 nitrogen and oxygen atoms in total. The third kappa shape index (κ3) is 3.18. The second-order valence-electron chi connectivity index (χ2n) is 3.74. The summed E-state index contributed by atoms with van der Waals surface area (Å²) in [7, 11) is 0. The first-order valence-electron chi connectivity index (χ1n) is 5.04. The van der Waals surface area contributed by atoms with Gasteiger partial charge in [-0.05, 0) is 24.3 Å².